The summed E-state index contributed by atoms with van der Waals surface area (Å²) >= 11 is 1.72. The molecule has 0 aromatic carbocycles. The molecule has 2 aromatic heterocycles. The van der Waals surface area contributed by atoms with Gasteiger partial charge in [0.05, 0.1) is 11.3 Å². The van der Waals surface area contributed by atoms with Crippen LogP contribution in [0.15, 0.2) is 9.90 Å². The molecule has 7 heteroatoms. The predicted octanol–water partition coefficient (Wildman–Crippen LogP) is 2.98. The van der Waals surface area contributed by atoms with Gasteiger partial charge in [-0.25, -0.2) is 0 Å². The minimum absolute atomic E-state index is 0.103. The number of rotatable bonds is 6. The first-order valence-electron chi connectivity index (χ1n) is 10.3. The van der Waals surface area contributed by atoms with E-state index in [-0.39, 0.29) is 5.91 Å². The van der Waals surface area contributed by atoms with E-state index < -0.39 is 0 Å². The maximum absolute atomic E-state index is 12.8. The Balaban J connectivity index is 1.35. The first-order chi connectivity index (χ1) is 13.5. The average molecular weight is 403 g/mol. The molecule has 152 valence electrons. The minimum atomic E-state index is 0.103. The predicted molar refractivity (Wildman–Crippen MR) is 111 cm³/mol. The van der Waals surface area contributed by atoms with Crippen LogP contribution in [0.25, 0.3) is 0 Å². The number of nitrogens with one attached hydrogen (secondary N) is 1. The van der Waals surface area contributed by atoms with E-state index in [0.29, 0.717) is 5.92 Å². The van der Waals surface area contributed by atoms with E-state index >= 15 is 0 Å². The van der Waals surface area contributed by atoms with Gasteiger partial charge in [-0.2, -0.15) is 0 Å². The topological polar surface area (TPSA) is 61.6 Å². The number of thiophene rings is 1. The van der Waals surface area contributed by atoms with Crippen molar-refractivity contribution >= 4 is 17.2 Å². The van der Waals surface area contributed by atoms with Gasteiger partial charge < -0.3 is 14.7 Å². The Kier molecular flexibility index (Phi) is 5.85. The largest absolute Gasteiger partial charge is 0.361 e. The van der Waals surface area contributed by atoms with E-state index in [4.69, 9.17) is 4.52 Å². The van der Waals surface area contributed by atoms with Crippen molar-refractivity contribution in [2.45, 2.75) is 46.7 Å². The summed E-state index contributed by atoms with van der Waals surface area (Å²) < 4.78 is 5.29. The Labute approximate surface area is 170 Å². The smallest absolute Gasteiger partial charge is 0.252 e. The second-order valence-corrected chi connectivity index (χ2v) is 9.04. The molecular formula is C21H30N4O2S. The van der Waals surface area contributed by atoms with Crippen LogP contribution < -0.4 is 5.32 Å². The third-order valence-electron chi connectivity index (χ3n) is 6.20. The van der Waals surface area contributed by atoms with Gasteiger partial charge in [0, 0.05) is 48.5 Å². The molecule has 0 saturated carbocycles. The Morgan fingerprint density at radius 3 is 2.93 bits per heavy atom. The summed E-state index contributed by atoms with van der Waals surface area (Å²) in [5, 5.41) is 9.30. The zero-order chi connectivity index (χ0) is 19.7. The second kappa shape index (κ2) is 8.35. The zero-order valence-electron chi connectivity index (χ0n) is 17.1. The van der Waals surface area contributed by atoms with Crippen molar-refractivity contribution < 1.29 is 9.32 Å². The molecule has 2 aliphatic heterocycles. The van der Waals surface area contributed by atoms with Crippen LogP contribution in [0.1, 0.15) is 51.2 Å². The minimum Gasteiger partial charge on any atom is -0.361 e. The average Bonchev–Trinajstić information content (AvgIpc) is 3.41. The number of amides is 1. The standard InChI is InChI=1S/C21H30N4O2S/c1-4-24-7-5-16(10-24)9-22-21(26)19-13-28-20-12-25(8-6-17(19)20)11-18-14(2)23-27-15(18)3/h13,16H,4-12H2,1-3H3,(H,22,26)/t16-/m1/s1. The van der Waals surface area contributed by atoms with Crippen LogP contribution in [-0.4, -0.2) is 53.6 Å². The molecule has 0 bridgehead atoms. The number of fused-ring (bicyclic) bond motifs is 1. The second-order valence-electron chi connectivity index (χ2n) is 8.07. The van der Waals surface area contributed by atoms with Gasteiger partial charge >= 0.3 is 0 Å². The highest BCUT2D eigenvalue weighted by Gasteiger charge is 2.26. The van der Waals surface area contributed by atoms with Gasteiger partial charge in [-0.3, -0.25) is 9.69 Å². The molecule has 0 unspecified atom stereocenters. The molecule has 1 saturated heterocycles. The lowest BCUT2D eigenvalue weighted by Gasteiger charge is -2.27. The fraction of sp³-hybridized carbons (Fsp3) is 0.619. The Bertz CT molecular complexity index is 824. The number of carbonyl (C=O) groups is 1. The van der Waals surface area contributed by atoms with Crippen molar-refractivity contribution in [3.63, 3.8) is 0 Å². The zero-order valence-corrected chi connectivity index (χ0v) is 17.9. The van der Waals surface area contributed by atoms with Crippen LogP contribution in [0.5, 0.6) is 0 Å². The fourth-order valence-electron chi connectivity index (χ4n) is 4.36. The van der Waals surface area contributed by atoms with Crippen LogP contribution >= 0.6 is 11.3 Å². The maximum Gasteiger partial charge on any atom is 0.252 e. The van der Waals surface area contributed by atoms with Gasteiger partial charge in [0.15, 0.2) is 0 Å². The highest BCUT2D eigenvalue weighted by atomic mass is 32.1. The van der Waals surface area contributed by atoms with Gasteiger partial charge in [-0.05, 0) is 51.3 Å². The Morgan fingerprint density at radius 1 is 1.36 bits per heavy atom. The van der Waals surface area contributed by atoms with Crippen LogP contribution in [0.4, 0.5) is 0 Å². The van der Waals surface area contributed by atoms with E-state index in [1.807, 2.05) is 19.2 Å². The van der Waals surface area contributed by atoms with Crippen molar-refractivity contribution in [3.05, 3.63) is 38.4 Å². The van der Waals surface area contributed by atoms with Crippen molar-refractivity contribution in [2.24, 2.45) is 5.92 Å². The Morgan fingerprint density at radius 2 is 2.21 bits per heavy atom. The van der Waals surface area contributed by atoms with Crippen LogP contribution in [-0.2, 0) is 19.5 Å². The first kappa shape index (κ1) is 19.6. The quantitative estimate of drug-likeness (QED) is 0.805. The molecule has 4 heterocycles. The molecule has 1 atom stereocenters. The molecule has 2 aromatic rings. The molecule has 1 N–H and O–H groups in total. The number of aromatic nitrogens is 1. The monoisotopic (exact) mass is 402 g/mol. The number of hydrogen-bond donors (Lipinski definition) is 1. The van der Waals surface area contributed by atoms with Gasteiger partial charge in [-0.1, -0.05) is 12.1 Å². The van der Waals surface area contributed by atoms with Crippen LogP contribution in [0.3, 0.4) is 0 Å². The highest BCUT2D eigenvalue weighted by Crippen LogP contribution is 2.30. The van der Waals surface area contributed by atoms with Crippen molar-refractivity contribution in [2.75, 3.05) is 32.7 Å². The lowest BCUT2D eigenvalue weighted by atomic mass is 10.0. The molecule has 4 rings (SSSR count). The summed E-state index contributed by atoms with van der Waals surface area (Å²) in [5.41, 5.74) is 4.31. The molecule has 6 nitrogen and oxygen atoms in total. The molecule has 1 amide bonds. The van der Waals surface area contributed by atoms with E-state index in [2.05, 4.69) is 27.2 Å². The van der Waals surface area contributed by atoms with E-state index in [1.54, 1.807) is 11.3 Å². The van der Waals surface area contributed by atoms with E-state index in [9.17, 15) is 4.79 Å². The summed E-state index contributed by atoms with van der Waals surface area (Å²) in [6.07, 6.45) is 2.12. The van der Waals surface area contributed by atoms with Crippen molar-refractivity contribution in [1.29, 1.82) is 0 Å². The SMILES string of the molecule is CCN1CC[C@H](CNC(=O)c2csc3c2CCN(Cc2c(C)noc2C)C3)C1. The number of aryl methyl sites for hydroxylation is 2. The molecule has 0 radical (unpaired) electrons. The first-order valence-corrected chi connectivity index (χ1v) is 11.2. The summed E-state index contributed by atoms with van der Waals surface area (Å²) in [4.78, 5) is 19.0. The molecule has 0 spiro atoms. The van der Waals surface area contributed by atoms with Gasteiger partial charge in [-0.15, -0.1) is 11.3 Å². The summed E-state index contributed by atoms with van der Waals surface area (Å²) in [6, 6.07) is 0. The fourth-order valence-corrected chi connectivity index (χ4v) is 5.48. The van der Waals surface area contributed by atoms with Crippen LogP contribution in [0, 0.1) is 19.8 Å². The molecule has 1 fully saturated rings. The third kappa shape index (κ3) is 4.02. The van der Waals surface area contributed by atoms with E-state index in [0.717, 1.165) is 69.3 Å². The normalized spacial score (nSPS) is 20.5. The van der Waals surface area contributed by atoms with Crippen molar-refractivity contribution in [1.82, 2.24) is 20.3 Å². The highest BCUT2D eigenvalue weighted by molar-refractivity contribution is 7.10. The number of carbonyl (C=O) groups excluding carboxylic acids is 1. The van der Waals surface area contributed by atoms with E-state index in [1.165, 1.54) is 22.4 Å². The molecule has 2 aliphatic rings. The summed E-state index contributed by atoms with van der Waals surface area (Å²) in [7, 11) is 0. The summed E-state index contributed by atoms with van der Waals surface area (Å²) in [6.45, 7) is 13.0. The Hall–Kier alpha value is -1.70. The van der Waals surface area contributed by atoms with Crippen molar-refractivity contribution in [3.8, 4) is 0 Å². The maximum atomic E-state index is 12.8. The van der Waals surface area contributed by atoms with Gasteiger partial charge in [0.25, 0.3) is 5.91 Å². The van der Waals surface area contributed by atoms with Crippen LogP contribution in [0.2, 0.25) is 0 Å². The summed E-state index contributed by atoms with van der Waals surface area (Å²) in [5.74, 6) is 1.60. The lowest BCUT2D eigenvalue weighted by Crippen LogP contribution is -2.33. The number of hydrogen-bond acceptors (Lipinski definition) is 6. The molecule has 0 aliphatic carbocycles. The van der Waals surface area contributed by atoms with Gasteiger partial charge in [0.1, 0.15) is 5.76 Å². The molecular weight excluding hydrogens is 372 g/mol. The molecule has 28 heavy (non-hydrogen) atoms. The van der Waals surface area contributed by atoms with Gasteiger partial charge in [0.2, 0.25) is 0 Å². The lowest BCUT2D eigenvalue weighted by molar-refractivity contribution is 0.0946. The number of likely N-dealkylation sites (tertiary alicyclic amines) is 1. The third-order valence-corrected chi connectivity index (χ3v) is 7.22. The number of nitrogens with zero attached hydrogens (tertiary/aromatic N) is 3.